The van der Waals surface area contributed by atoms with E-state index < -0.39 is 47.2 Å². The minimum Gasteiger partial charge on any atom is -0.399 e. The Hall–Kier alpha value is -1.15. The van der Waals surface area contributed by atoms with E-state index in [1.54, 1.807) is 27.7 Å². The van der Waals surface area contributed by atoms with Crippen molar-refractivity contribution in [2.45, 2.75) is 45.1 Å². The fourth-order valence-corrected chi connectivity index (χ4v) is 2.05. The molecule has 0 radical (unpaired) electrons. The van der Waals surface area contributed by atoms with Crippen LogP contribution in [0, 0.1) is 11.6 Å². The van der Waals surface area contributed by atoms with Crippen molar-refractivity contribution in [1.29, 1.82) is 0 Å². The van der Waals surface area contributed by atoms with Gasteiger partial charge in [-0.1, -0.05) is 0 Å². The highest BCUT2D eigenvalue weighted by atomic mass is 19.4. The van der Waals surface area contributed by atoms with Gasteiger partial charge >= 0.3 is 13.3 Å². The Labute approximate surface area is 119 Å². The topological polar surface area (TPSA) is 18.5 Å². The molecule has 0 aromatic heterocycles. The summed E-state index contributed by atoms with van der Waals surface area (Å²) >= 11 is 0. The molecule has 116 valence electrons. The molecule has 2 nitrogen and oxygen atoms in total. The van der Waals surface area contributed by atoms with E-state index in [2.05, 4.69) is 0 Å². The molecule has 0 atom stereocenters. The summed E-state index contributed by atoms with van der Waals surface area (Å²) in [5, 5.41) is 0. The lowest BCUT2D eigenvalue weighted by Gasteiger charge is -2.32. The molecule has 0 aliphatic carbocycles. The van der Waals surface area contributed by atoms with Crippen LogP contribution in [0.4, 0.5) is 22.0 Å². The number of benzene rings is 1. The summed E-state index contributed by atoms with van der Waals surface area (Å²) in [6, 6.07) is 1.07. The quantitative estimate of drug-likeness (QED) is 0.585. The molecular weight excluding hydrogens is 294 g/mol. The molecule has 0 unspecified atom stereocenters. The lowest BCUT2D eigenvalue weighted by atomic mass is 9.75. The van der Waals surface area contributed by atoms with Gasteiger partial charge in [-0.2, -0.15) is 13.2 Å². The third-order valence-corrected chi connectivity index (χ3v) is 3.91. The third kappa shape index (κ3) is 2.66. The van der Waals surface area contributed by atoms with Gasteiger partial charge in [0, 0.05) is 5.46 Å². The van der Waals surface area contributed by atoms with E-state index in [0.717, 1.165) is 0 Å². The zero-order valence-corrected chi connectivity index (χ0v) is 11.9. The van der Waals surface area contributed by atoms with Crippen LogP contribution in [-0.2, 0) is 15.5 Å². The minimum absolute atomic E-state index is 0.437. The van der Waals surface area contributed by atoms with Gasteiger partial charge in [-0.25, -0.2) is 8.78 Å². The van der Waals surface area contributed by atoms with E-state index in [4.69, 9.17) is 9.31 Å². The van der Waals surface area contributed by atoms with E-state index >= 15 is 0 Å². The highest BCUT2D eigenvalue weighted by Crippen LogP contribution is 2.38. The van der Waals surface area contributed by atoms with Gasteiger partial charge in [-0.3, -0.25) is 0 Å². The Kier molecular flexibility index (Phi) is 3.61. The standard InChI is InChI=1S/C13H14BF5O2/c1-11(2)12(3,4)21-14(20-11)10-8(16)6-5-7(15)9(10)13(17,18)19/h5-6H,1-4H3. The predicted octanol–water partition coefficient (Wildman–Crippen LogP) is 3.28. The van der Waals surface area contributed by atoms with Gasteiger partial charge in [0.1, 0.15) is 11.6 Å². The summed E-state index contributed by atoms with van der Waals surface area (Å²) in [6.45, 7) is 6.43. The number of hydrogen-bond donors (Lipinski definition) is 0. The number of hydrogen-bond acceptors (Lipinski definition) is 2. The molecule has 1 heterocycles. The molecule has 0 bridgehead atoms. The number of alkyl halides is 3. The molecule has 1 aliphatic rings. The zero-order valence-electron chi connectivity index (χ0n) is 11.9. The van der Waals surface area contributed by atoms with Crippen LogP contribution < -0.4 is 5.46 Å². The maximum Gasteiger partial charge on any atom is 0.498 e. The van der Waals surface area contributed by atoms with Gasteiger partial charge in [-0.15, -0.1) is 0 Å². The molecule has 2 rings (SSSR count). The summed E-state index contributed by atoms with van der Waals surface area (Å²) in [4.78, 5) is 0. The van der Waals surface area contributed by atoms with Crippen molar-refractivity contribution in [2.75, 3.05) is 0 Å². The Morgan fingerprint density at radius 3 is 1.76 bits per heavy atom. The van der Waals surface area contributed by atoms with E-state index in [-0.39, 0.29) is 0 Å². The van der Waals surface area contributed by atoms with E-state index in [9.17, 15) is 22.0 Å². The average molecular weight is 308 g/mol. The Balaban J connectivity index is 2.59. The maximum atomic E-state index is 13.9. The smallest absolute Gasteiger partial charge is 0.399 e. The van der Waals surface area contributed by atoms with Crippen LogP contribution in [0.15, 0.2) is 12.1 Å². The fraction of sp³-hybridized carbons (Fsp3) is 0.538. The van der Waals surface area contributed by atoms with E-state index in [1.807, 2.05) is 0 Å². The molecule has 21 heavy (non-hydrogen) atoms. The molecular formula is C13H14BF5O2. The second-order valence-electron chi connectivity index (χ2n) is 5.90. The van der Waals surface area contributed by atoms with Crippen LogP contribution in [0.1, 0.15) is 33.3 Å². The van der Waals surface area contributed by atoms with Gasteiger partial charge in [-0.05, 0) is 39.8 Å². The van der Waals surface area contributed by atoms with Crippen LogP contribution in [0.5, 0.6) is 0 Å². The van der Waals surface area contributed by atoms with Crippen molar-refractivity contribution in [3.8, 4) is 0 Å². The Morgan fingerprint density at radius 1 is 0.905 bits per heavy atom. The summed E-state index contributed by atoms with van der Waals surface area (Å²) in [5.74, 6) is -2.78. The van der Waals surface area contributed by atoms with Crippen molar-refractivity contribution in [1.82, 2.24) is 0 Å². The van der Waals surface area contributed by atoms with Gasteiger partial charge in [0.2, 0.25) is 0 Å². The molecule has 0 N–H and O–H groups in total. The summed E-state index contributed by atoms with van der Waals surface area (Å²) in [6.07, 6.45) is -5.05. The second-order valence-corrected chi connectivity index (χ2v) is 5.90. The molecule has 1 aliphatic heterocycles. The summed E-state index contributed by atoms with van der Waals surface area (Å²) < 4.78 is 77.3. The third-order valence-electron chi connectivity index (χ3n) is 3.91. The molecule has 1 saturated heterocycles. The molecule has 0 saturated carbocycles. The van der Waals surface area contributed by atoms with Crippen LogP contribution >= 0.6 is 0 Å². The maximum absolute atomic E-state index is 13.9. The van der Waals surface area contributed by atoms with Crippen molar-refractivity contribution in [3.05, 3.63) is 29.3 Å². The molecule has 0 spiro atoms. The fourth-order valence-electron chi connectivity index (χ4n) is 2.05. The zero-order chi connectivity index (χ0) is 16.2. The molecule has 1 fully saturated rings. The SMILES string of the molecule is CC1(C)OB(c2c(F)ccc(F)c2C(F)(F)F)OC1(C)C. The van der Waals surface area contributed by atoms with Crippen LogP contribution in [0.25, 0.3) is 0 Å². The van der Waals surface area contributed by atoms with Crippen LogP contribution in [0.3, 0.4) is 0 Å². The highest BCUT2D eigenvalue weighted by molar-refractivity contribution is 6.62. The number of rotatable bonds is 1. The van der Waals surface area contributed by atoms with Crippen LogP contribution in [0.2, 0.25) is 0 Å². The lowest BCUT2D eigenvalue weighted by Crippen LogP contribution is -2.42. The van der Waals surface area contributed by atoms with Crippen molar-refractivity contribution in [2.24, 2.45) is 0 Å². The normalized spacial score (nSPS) is 20.9. The van der Waals surface area contributed by atoms with Crippen LogP contribution in [-0.4, -0.2) is 18.3 Å². The Morgan fingerprint density at radius 2 is 1.33 bits per heavy atom. The first-order valence-corrected chi connectivity index (χ1v) is 6.27. The number of halogens is 5. The van der Waals surface area contributed by atoms with Crippen molar-refractivity contribution < 1.29 is 31.3 Å². The minimum atomic E-state index is -5.05. The van der Waals surface area contributed by atoms with Crippen molar-refractivity contribution in [3.63, 3.8) is 0 Å². The van der Waals surface area contributed by atoms with Gasteiger partial charge < -0.3 is 9.31 Å². The van der Waals surface area contributed by atoms with E-state index in [0.29, 0.717) is 12.1 Å². The molecule has 8 heteroatoms. The molecule has 1 aromatic carbocycles. The van der Waals surface area contributed by atoms with E-state index in [1.165, 1.54) is 0 Å². The average Bonchev–Trinajstić information content (AvgIpc) is 2.49. The van der Waals surface area contributed by atoms with Gasteiger partial charge in [0.15, 0.2) is 0 Å². The first-order chi connectivity index (χ1) is 9.37. The largest absolute Gasteiger partial charge is 0.498 e. The first-order valence-electron chi connectivity index (χ1n) is 6.27. The van der Waals surface area contributed by atoms with Gasteiger partial charge in [0.25, 0.3) is 0 Å². The first kappa shape index (κ1) is 16.2. The summed E-state index contributed by atoms with van der Waals surface area (Å²) in [5.41, 5.74) is -4.57. The van der Waals surface area contributed by atoms with Crippen molar-refractivity contribution >= 4 is 12.6 Å². The second kappa shape index (κ2) is 4.68. The lowest BCUT2D eigenvalue weighted by molar-refractivity contribution is -0.139. The predicted molar refractivity (Wildman–Crippen MR) is 67.1 cm³/mol. The molecule has 0 amide bonds. The Bertz CT molecular complexity index is 552. The molecule has 1 aromatic rings. The van der Waals surface area contributed by atoms with Gasteiger partial charge in [0.05, 0.1) is 16.8 Å². The highest BCUT2D eigenvalue weighted by Gasteiger charge is 2.55. The summed E-state index contributed by atoms with van der Waals surface area (Å²) in [7, 11) is -1.62. The monoisotopic (exact) mass is 308 g/mol.